The minimum Gasteiger partial charge on any atom is -0.451 e. The zero-order valence-electron chi connectivity index (χ0n) is 6.45. The van der Waals surface area contributed by atoms with Gasteiger partial charge in [0.1, 0.15) is 0 Å². The fraction of sp³-hybridized carbons (Fsp3) is 0.857. The first-order chi connectivity index (χ1) is 5.31. The molecule has 11 heavy (non-hydrogen) atoms. The Morgan fingerprint density at radius 2 is 2.45 bits per heavy atom. The standard InChI is InChI=1S/C7H11NO3/c1-10-7(9)8-5-2-3-6(4-5)11-8/h5-6H,2-4H2,1H3/t5-,6+/m0/s1. The van der Waals surface area contributed by atoms with Crippen LogP contribution in [0.5, 0.6) is 0 Å². The number of nitrogens with zero attached hydrogens (tertiary/aromatic N) is 1. The van der Waals surface area contributed by atoms with Gasteiger partial charge in [-0.1, -0.05) is 0 Å². The van der Waals surface area contributed by atoms with E-state index < -0.39 is 0 Å². The molecule has 0 spiro atoms. The number of ether oxygens (including phenoxy) is 1. The van der Waals surface area contributed by atoms with Crippen molar-refractivity contribution >= 4 is 6.09 Å². The molecule has 1 aliphatic carbocycles. The van der Waals surface area contributed by atoms with Gasteiger partial charge in [-0.25, -0.2) is 4.79 Å². The molecule has 0 aromatic heterocycles. The lowest BCUT2D eigenvalue weighted by atomic mass is 10.3. The summed E-state index contributed by atoms with van der Waals surface area (Å²) in [5, 5.41) is 1.37. The molecule has 2 aliphatic rings. The molecule has 2 rings (SSSR count). The van der Waals surface area contributed by atoms with Gasteiger partial charge in [0, 0.05) is 0 Å². The van der Waals surface area contributed by atoms with Gasteiger partial charge in [-0.3, -0.25) is 4.84 Å². The van der Waals surface area contributed by atoms with Crippen LogP contribution in [0.15, 0.2) is 0 Å². The number of fused-ring (bicyclic) bond motifs is 2. The van der Waals surface area contributed by atoms with E-state index in [2.05, 4.69) is 4.74 Å². The van der Waals surface area contributed by atoms with Crippen molar-refractivity contribution in [2.24, 2.45) is 0 Å². The number of carbonyl (C=O) groups excluding carboxylic acids is 1. The Morgan fingerprint density at radius 3 is 2.91 bits per heavy atom. The van der Waals surface area contributed by atoms with E-state index in [0.29, 0.717) is 0 Å². The van der Waals surface area contributed by atoms with Crippen LogP contribution in [0.1, 0.15) is 19.3 Å². The first-order valence-corrected chi connectivity index (χ1v) is 3.85. The van der Waals surface area contributed by atoms with Crippen LogP contribution in [0.2, 0.25) is 0 Å². The molecule has 1 heterocycles. The molecule has 1 aliphatic heterocycles. The normalized spacial score (nSPS) is 34.5. The van der Waals surface area contributed by atoms with Gasteiger partial charge < -0.3 is 4.74 Å². The number of rotatable bonds is 0. The summed E-state index contributed by atoms with van der Waals surface area (Å²) >= 11 is 0. The second-order valence-electron chi connectivity index (χ2n) is 2.99. The third-order valence-corrected chi connectivity index (χ3v) is 2.31. The maximum Gasteiger partial charge on any atom is 0.433 e. The predicted octanol–water partition coefficient (Wildman–Crippen LogP) is 0.921. The SMILES string of the molecule is COC(=O)N1O[C@@H]2CC[C@H]1C2. The summed E-state index contributed by atoms with van der Waals surface area (Å²) in [5.41, 5.74) is 0. The Hall–Kier alpha value is -0.770. The van der Waals surface area contributed by atoms with Crippen LogP contribution in [-0.4, -0.2) is 30.4 Å². The van der Waals surface area contributed by atoms with Gasteiger partial charge in [0.05, 0.1) is 19.3 Å². The second kappa shape index (κ2) is 2.37. The number of methoxy groups -OCH3 is 1. The van der Waals surface area contributed by atoms with Crippen molar-refractivity contribution in [2.45, 2.75) is 31.4 Å². The number of hydroxylamine groups is 2. The average molecular weight is 157 g/mol. The molecule has 0 unspecified atom stereocenters. The quantitative estimate of drug-likeness (QED) is 0.525. The van der Waals surface area contributed by atoms with Crippen LogP contribution in [0.3, 0.4) is 0 Å². The lowest BCUT2D eigenvalue weighted by molar-refractivity contribution is -0.158. The zero-order chi connectivity index (χ0) is 7.84. The van der Waals surface area contributed by atoms with Crippen molar-refractivity contribution in [3.8, 4) is 0 Å². The van der Waals surface area contributed by atoms with Gasteiger partial charge in [0.25, 0.3) is 0 Å². The smallest absolute Gasteiger partial charge is 0.433 e. The molecule has 2 fully saturated rings. The molecule has 1 saturated heterocycles. The van der Waals surface area contributed by atoms with E-state index in [-0.39, 0.29) is 18.2 Å². The molecule has 4 heteroatoms. The minimum atomic E-state index is -0.364. The van der Waals surface area contributed by atoms with Crippen LogP contribution in [0.25, 0.3) is 0 Å². The highest BCUT2D eigenvalue weighted by atomic mass is 16.7. The molecule has 0 aromatic carbocycles. The number of amides is 1. The summed E-state index contributed by atoms with van der Waals surface area (Å²) in [6.07, 6.45) is 3.02. The summed E-state index contributed by atoms with van der Waals surface area (Å²) in [5.74, 6) is 0. The minimum absolute atomic E-state index is 0.263. The van der Waals surface area contributed by atoms with Gasteiger partial charge in [0.15, 0.2) is 0 Å². The Labute approximate surface area is 65.0 Å². The van der Waals surface area contributed by atoms with Crippen molar-refractivity contribution in [2.75, 3.05) is 7.11 Å². The molecule has 0 aromatic rings. The Balaban J connectivity index is 2.02. The molecule has 1 saturated carbocycles. The van der Waals surface area contributed by atoms with E-state index in [1.165, 1.54) is 12.2 Å². The number of hydrogen-bond donors (Lipinski definition) is 0. The second-order valence-corrected chi connectivity index (χ2v) is 2.99. The fourth-order valence-corrected chi connectivity index (χ4v) is 1.75. The van der Waals surface area contributed by atoms with Crippen molar-refractivity contribution in [3.63, 3.8) is 0 Å². The van der Waals surface area contributed by atoms with Crippen molar-refractivity contribution < 1.29 is 14.4 Å². The van der Waals surface area contributed by atoms with Crippen LogP contribution in [0.4, 0.5) is 4.79 Å². The molecule has 1 amide bonds. The van der Waals surface area contributed by atoms with Crippen molar-refractivity contribution in [1.82, 2.24) is 5.06 Å². The largest absolute Gasteiger partial charge is 0.451 e. The lowest BCUT2D eigenvalue weighted by Gasteiger charge is -2.23. The lowest BCUT2D eigenvalue weighted by Crippen LogP contribution is -2.36. The van der Waals surface area contributed by atoms with Crippen molar-refractivity contribution in [1.29, 1.82) is 0 Å². The third-order valence-electron chi connectivity index (χ3n) is 2.31. The summed E-state index contributed by atoms with van der Waals surface area (Å²) < 4.78 is 4.55. The van der Waals surface area contributed by atoms with E-state index >= 15 is 0 Å². The van der Waals surface area contributed by atoms with Crippen LogP contribution < -0.4 is 0 Å². The summed E-state index contributed by atoms with van der Waals surface area (Å²) in [6, 6.07) is 0.271. The number of hydrogen-bond acceptors (Lipinski definition) is 3. The van der Waals surface area contributed by atoms with Gasteiger partial charge >= 0.3 is 6.09 Å². The first-order valence-electron chi connectivity index (χ1n) is 3.85. The summed E-state index contributed by atoms with van der Waals surface area (Å²) in [7, 11) is 1.37. The van der Waals surface area contributed by atoms with Crippen LogP contribution in [-0.2, 0) is 9.57 Å². The topological polar surface area (TPSA) is 38.8 Å². The molecule has 62 valence electrons. The van der Waals surface area contributed by atoms with Crippen LogP contribution in [0, 0.1) is 0 Å². The maximum absolute atomic E-state index is 11.0. The fourth-order valence-electron chi connectivity index (χ4n) is 1.75. The number of carbonyl (C=O) groups is 1. The van der Waals surface area contributed by atoms with Gasteiger partial charge in [-0.15, -0.1) is 0 Å². The van der Waals surface area contributed by atoms with E-state index in [4.69, 9.17) is 4.84 Å². The Bertz CT molecular complexity index is 183. The molecular weight excluding hydrogens is 146 g/mol. The molecule has 4 nitrogen and oxygen atoms in total. The monoisotopic (exact) mass is 157 g/mol. The summed E-state index contributed by atoms with van der Waals surface area (Å²) in [4.78, 5) is 16.3. The average Bonchev–Trinajstić information content (AvgIpc) is 2.62. The molecule has 0 radical (unpaired) electrons. The highest BCUT2D eigenvalue weighted by Gasteiger charge is 2.42. The Morgan fingerprint density at radius 1 is 1.64 bits per heavy atom. The highest BCUT2D eigenvalue weighted by Crippen LogP contribution is 2.34. The predicted molar refractivity (Wildman–Crippen MR) is 36.8 cm³/mol. The van der Waals surface area contributed by atoms with E-state index in [1.54, 1.807) is 0 Å². The van der Waals surface area contributed by atoms with E-state index in [0.717, 1.165) is 19.3 Å². The molecule has 2 atom stereocenters. The first kappa shape index (κ1) is 6.91. The third kappa shape index (κ3) is 0.976. The van der Waals surface area contributed by atoms with Gasteiger partial charge in [0.2, 0.25) is 0 Å². The van der Waals surface area contributed by atoms with E-state index in [1.807, 2.05) is 0 Å². The van der Waals surface area contributed by atoms with Crippen molar-refractivity contribution in [3.05, 3.63) is 0 Å². The molecular formula is C7H11NO3. The highest BCUT2D eigenvalue weighted by molar-refractivity contribution is 5.66. The maximum atomic E-state index is 11.0. The van der Waals surface area contributed by atoms with Crippen LogP contribution >= 0.6 is 0 Å². The summed E-state index contributed by atoms with van der Waals surface area (Å²) in [6.45, 7) is 0. The molecule has 2 bridgehead atoms. The molecule has 0 N–H and O–H groups in total. The Kier molecular flexibility index (Phi) is 1.49. The van der Waals surface area contributed by atoms with Gasteiger partial charge in [-0.2, -0.15) is 5.06 Å². The van der Waals surface area contributed by atoms with Gasteiger partial charge in [-0.05, 0) is 19.3 Å². The zero-order valence-corrected chi connectivity index (χ0v) is 6.45. The van der Waals surface area contributed by atoms with E-state index in [9.17, 15) is 4.79 Å².